The lowest BCUT2D eigenvalue weighted by atomic mass is 9.98. The molecule has 0 spiro atoms. The number of Topliss-reactive ketones (excluding diaryl/α,β-unsaturated/α-hetero) is 1. The third kappa shape index (κ3) is 4.16. The lowest BCUT2D eigenvalue weighted by molar-refractivity contribution is 0.100. The van der Waals surface area contributed by atoms with E-state index in [4.69, 9.17) is 9.47 Å². The Morgan fingerprint density at radius 3 is 2.69 bits per heavy atom. The van der Waals surface area contributed by atoms with Crippen molar-refractivity contribution in [2.45, 2.75) is 6.61 Å². The Kier molecular flexibility index (Phi) is 5.25. The average molecular weight is 426 g/mol. The number of aromatic nitrogens is 2. The fourth-order valence-electron chi connectivity index (χ4n) is 3.48. The van der Waals surface area contributed by atoms with E-state index in [-0.39, 0.29) is 18.2 Å². The number of benzene rings is 3. The minimum absolute atomic E-state index is 0.105. The number of ether oxygens (including phenoxy) is 2. The van der Waals surface area contributed by atoms with Gasteiger partial charge in [0.15, 0.2) is 5.78 Å². The Hall–Kier alpha value is -4.19. The first-order valence-electron chi connectivity index (χ1n) is 10.2. The monoisotopic (exact) mass is 426 g/mol. The fourth-order valence-corrected chi connectivity index (χ4v) is 3.48. The first-order valence-corrected chi connectivity index (χ1v) is 10.2. The van der Waals surface area contributed by atoms with Crippen molar-refractivity contribution in [3.63, 3.8) is 0 Å². The summed E-state index contributed by atoms with van der Waals surface area (Å²) in [6.45, 7) is 0.492. The van der Waals surface area contributed by atoms with Crippen LogP contribution in [0.15, 0.2) is 90.8 Å². The quantitative estimate of drug-likeness (QED) is 0.409. The fraction of sp³-hybridized carbons (Fsp3) is 0.0769. The van der Waals surface area contributed by atoms with Crippen LogP contribution in [0.5, 0.6) is 11.5 Å². The molecule has 1 aliphatic heterocycles. The minimum atomic E-state index is -0.316. The van der Waals surface area contributed by atoms with Gasteiger partial charge in [-0.25, -0.2) is 9.07 Å². The molecule has 0 aliphatic carbocycles. The lowest BCUT2D eigenvalue weighted by Crippen LogP contribution is -2.19. The molecule has 0 amide bonds. The van der Waals surface area contributed by atoms with E-state index in [1.54, 1.807) is 47.3 Å². The highest BCUT2D eigenvalue weighted by molar-refractivity contribution is 6.14. The molecule has 6 heteroatoms. The molecule has 0 bridgehead atoms. The molecule has 0 radical (unpaired) electrons. The first kappa shape index (κ1) is 19.8. The van der Waals surface area contributed by atoms with Crippen molar-refractivity contribution >= 4 is 11.9 Å². The van der Waals surface area contributed by atoms with Crippen LogP contribution in [0, 0.1) is 5.82 Å². The third-order valence-corrected chi connectivity index (χ3v) is 5.15. The van der Waals surface area contributed by atoms with Gasteiger partial charge in [-0.3, -0.25) is 4.79 Å². The van der Waals surface area contributed by atoms with E-state index >= 15 is 0 Å². The molecule has 0 saturated heterocycles. The summed E-state index contributed by atoms with van der Waals surface area (Å²) >= 11 is 0. The van der Waals surface area contributed by atoms with Crippen LogP contribution in [0.3, 0.4) is 0 Å². The number of hydrogen-bond acceptors (Lipinski definition) is 4. The van der Waals surface area contributed by atoms with E-state index in [0.717, 1.165) is 16.8 Å². The molecule has 0 N–H and O–H groups in total. The zero-order valence-electron chi connectivity index (χ0n) is 17.1. The molecule has 0 unspecified atom stereocenters. The number of carbonyl (C=O) groups is 1. The normalized spacial score (nSPS) is 14.2. The van der Waals surface area contributed by atoms with E-state index in [1.807, 2.05) is 36.5 Å². The van der Waals surface area contributed by atoms with Crippen LogP contribution in [-0.2, 0) is 6.61 Å². The summed E-state index contributed by atoms with van der Waals surface area (Å²) < 4.78 is 26.6. The van der Waals surface area contributed by atoms with Crippen LogP contribution < -0.4 is 9.47 Å². The number of para-hydroxylation sites is 1. The van der Waals surface area contributed by atoms with Crippen molar-refractivity contribution in [1.82, 2.24) is 9.78 Å². The topological polar surface area (TPSA) is 53.4 Å². The van der Waals surface area contributed by atoms with Crippen LogP contribution >= 0.6 is 0 Å². The van der Waals surface area contributed by atoms with Gasteiger partial charge in [0.1, 0.15) is 30.5 Å². The third-order valence-electron chi connectivity index (χ3n) is 5.15. The average Bonchev–Trinajstić information content (AvgIpc) is 3.31. The summed E-state index contributed by atoms with van der Waals surface area (Å²) in [7, 11) is 0. The van der Waals surface area contributed by atoms with E-state index in [0.29, 0.717) is 29.2 Å². The van der Waals surface area contributed by atoms with Gasteiger partial charge in [-0.15, -0.1) is 0 Å². The second-order valence-corrected chi connectivity index (χ2v) is 7.41. The summed E-state index contributed by atoms with van der Waals surface area (Å²) in [4.78, 5) is 12.8. The van der Waals surface area contributed by atoms with Crippen molar-refractivity contribution in [1.29, 1.82) is 0 Å². The molecule has 0 atom stereocenters. The van der Waals surface area contributed by atoms with Crippen LogP contribution in [-0.4, -0.2) is 22.2 Å². The van der Waals surface area contributed by atoms with Gasteiger partial charge in [0.05, 0.1) is 17.4 Å². The molecule has 32 heavy (non-hydrogen) atoms. The molecule has 4 aromatic rings. The van der Waals surface area contributed by atoms with Gasteiger partial charge in [0.25, 0.3) is 0 Å². The Labute approximate surface area is 184 Å². The van der Waals surface area contributed by atoms with E-state index in [9.17, 15) is 9.18 Å². The van der Waals surface area contributed by atoms with Gasteiger partial charge in [0, 0.05) is 23.4 Å². The smallest absolute Gasteiger partial charge is 0.196 e. The predicted molar refractivity (Wildman–Crippen MR) is 119 cm³/mol. The summed E-state index contributed by atoms with van der Waals surface area (Å²) in [6, 6.07) is 21.0. The lowest BCUT2D eigenvalue weighted by Gasteiger charge is -2.19. The van der Waals surface area contributed by atoms with Crippen molar-refractivity contribution < 1.29 is 18.7 Å². The maximum Gasteiger partial charge on any atom is 0.196 e. The minimum Gasteiger partial charge on any atom is -0.489 e. The molecular formula is C26H19FN2O3. The van der Waals surface area contributed by atoms with Crippen molar-refractivity contribution in [3.05, 3.63) is 113 Å². The van der Waals surface area contributed by atoms with Crippen molar-refractivity contribution in [3.8, 4) is 17.2 Å². The summed E-state index contributed by atoms with van der Waals surface area (Å²) in [6.07, 6.45) is 5.40. The number of fused-ring (bicyclic) bond motifs is 1. The number of ketones is 1. The largest absolute Gasteiger partial charge is 0.489 e. The van der Waals surface area contributed by atoms with E-state index < -0.39 is 0 Å². The van der Waals surface area contributed by atoms with Gasteiger partial charge < -0.3 is 9.47 Å². The highest BCUT2D eigenvalue weighted by atomic mass is 19.1. The Morgan fingerprint density at radius 2 is 1.88 bits per heavy atom. The molecule has 1 aromatic heterocycles. The second-order valence-electron chi connectivity index (χ2n) is 7.41. The molecule has 158 valence electrons. The maximum atomic E-state index is 13.1. The maximum absolute atomic E-state index is 13.1. The van der Waals surface area contributed by atoms with Gasteiger partial charge in [0.2, 0.25) is 0 Å². The highest BCUT2D eigenvalue weighted by Crippen LogP contribution is 2.32. The Balaban J connectivity index is 1.27. The first-order chi connectivity index (χ1) is 15.7. The van der Waals surface area contributed by atoms with Gasteiger partial charge in [-0.1, -0.05) is 30.3 Å². The Morgan fingerprint density at radius 1 is 1.06 bits per heavy atom. The van der Waals surface area contributed by atoms with Gasteiger partial charge in [-0.05, 0) is 48.0 Å². The van der Waals surface area contributed by atoms with Crippen LogP contribution in [0.4, 0.5) is 4.39 Å². The standard InChI is InChI=1S/C26H19FN2O3/c27-21-8-6-18(7-9-21)12-20-17-32-25-13-23(10-11-24(25)26(20)30)31-16-19-14-28-29(15-19)22-4-2-1-3-5-22/h1-15H,16-17H2/b20-12-. The van der Waals surface area contributed by atoms with Crippen LogP contribution in [0.2, 0.25) is 0 Å². The summed E-state index contributed by atoms with van der Waals surface area (Å²) in [5.41, 5.74) is 3.65. The van der Waals surface area contributed by atoms with E-state index in [2.05, 4.69) is 5.10 Å². The molecule has 1 aliphatic rings. The SMILES string of the molecule is O=C1/C(=C\c2ccc(F)cc2)COc2cc(OCc3cnn(-c4ccccc4)c3)ccc21. The molecule has 0 saturated carbocycles. The number of nitrogens with zero attached hydrogens (tertiary/aromatic N) is 2. The van der Waals surface area contributed by atoms with Crippen LogP contribution in [0.1, 0.15) is 21.5 Å². The molecule has 3 aromatic carbocycles. The Bertz CT molecular complexity index is 1290. The van der Waals surface area contributed by atoms with Crippen LogP contribution in [0.25, 0.3) is 11.8 Å². The molecular weight excluding hydrogens is 407 g/mol. The van der Waals surface area contributed by atoms with Gasteiger partial charge in [-0.2, -0.15) is 5.10 Å². The molecule has 2 heterocycles. The number of hydrogen-bond donors (Lipinski definition) is 0. The predicted octanol–water partition coefficient (Wildman–Crippen LogP) is 5.25. The second kappa shape index (κ2) is 8.51. The summed E-state index contributed by atoms with van der Waals surface area (Å²) in [5.74, 6) is 0.675. The summed E-state index contributed by atoms with van der Waals surface area (Å²) in [5, 5.41) is 4.37. The zero-order chi connectivity index (χ0) is 21.9. The van der Waals surface area contributed by atoms with Crippen molar-refractivity contribution in [2.75, 3.05) is 6.61 Å². The zero-order valence-corrected chi connectivity index (χ0v) is 17.1. The molecule has 0 fully saturated rings. The number of halogens is 1. The molecule has 5 rings (SSSR count). The highest BCUT2D eigenvalue weighted by Gasteiger charge is 2.24. The van der Waals surface area contributed by atoms with Gasteiger partial charge >= 0.3 is 0 Å². The molecule has 5 nitrogen and oxygen atoms in total. The number of carbonyl (C=O) groups excluding carboxylic acids is 1. The number of rotatable bonds is 5. The van der Waals surface area contributed by atoms with Crippen molar-refractivity contribution in [2.24, 2.45) is 0 Å². The van der Waals surface area contributed by atoms with E-state index in [1.165, 1.54) is 12.1 Å².